The number of hydrogen-bond donors (Lipinski definition) is 2. The van der Waals surface area contributed by atoms with Crippen LogP contribution >= 0.6 is 0 Å². The number of ether oxygens (including phenoxy) is 3. The number of benzene rings is 2. The molecule has 2 fully saturated rings. The first-order valence-electron chi connectivity index (χ1n) is 14.2. The van der Waals surface area contributed by atoms with Gasteiger partial charge in [0.1, 0.15) is 5.69 Å². The Morgan fingerprint density at radius 1 is 1.16 bits per heavy atom. The molecular formula is C28H40N6O8S. The lowest BCUT2D eigenvalue weighted by atomic mass is 10.1. The second-order valence-corrected chi connectivity index (χ2v) is 12.2. The molecule has 0 radical (unpaired) electrons. The van der Waals surface area contributed by atoms with Gasteiger partial charge in [-0.3, -0.25) is 19.8 Å². The molecule has 2 N–H and O–H groups in total. The molecule has 236 valence electrons. The number of amides is 1. The summed E-state index contributed by atoms with van der Waals surface area (Å²) in [6.45, 7) is 7.35. The van der Waals surface area contributed by atoms with E-state index in [1.807, 2.05) is 4.90 Å². The Bertz CT molecular complexity index is 1350. The summed E-state index contributed by atoms with van der Waals surface area (Å²) in [7, 11) is -1.61. The molecule has 43 heavy (non-hydrogen) atoms. The van der Waals surface area contributed by atoms with Gasteiger partial charge in [0.2, 0.25) is 0 Å². The van der Waals surface area contributed by atoms with Gasteiger partial charge in [-0.15, -0.1) is 0 Å². The minimum Gasteiger partial charge on any atom is -0.382 e. The molecule has 14 nitrogen and oxygen atoms in total. The first-order chi connectivity index (χ1) is 20.7. The van der Waals surface area contributed by atoms with Crippen LogP contribution in [0.3, 0.4) is 0 Å². The van der Waals surface area contributed by atoms with E-state index in [9.17, 15) is 23.3 Å². The molecule has 2 aliphatic rings. The lowest BCUT2D eigenvalue weighted by Crippen LogP contribution is -2.46. The van der Waals surface area contributed by atoms with Crippen LogP contribution in [0.25, 0.3) is 0 Å². The molecular weight excluding hydrogens is 580 g/mol. The summed E-state index contributed by atoms with van der Waals surface area (Å²) >= 11 is 0. The van der Waals surface area contributed by atoms with Gasteiger partial charge < -0.3 is 29.7 Å². The van der Waals surface area contributed by atoms with Gasteiger partial charge in [0, 0.05) is 78.3 Å². The molecule has 0 saturated carbocycles. The smallest absolute Gasteiger partial charge is 0.293 e. The Hall–Kier alpha value is -3.34. The number of sulfonamides is 1. The highest BCUT2D eigenvalue weighted by molar-refractivity contribution is 7.89. The van der Waals surface area contributed by atoms with Crippen LogP contribution in [0.15, 0.2) is 47.4 Å². The minimum absolute atomic E-state index is 0.158. The zero-order chi connectivity index (χ0) is 30.8. The number of nitrogens with one attached hydrogen (secondary N) is 2. The van der Waals surface area contributed by atoms with Crippen molar-refractivity contribution >= 4 is 33.0 Å². The van der Waals surface area contributed by atoms with Gasteiger partial charge >= 0.3 is 0 Å². The van der Waals surface area contributed by atoms with Crippen LogP contribution in [0.4, 0.5) is 17.1 Å². The van der Waals surface area contributed by atoms with Gasteiger partial charge in [-0.25, -0.2) is 12.7 Å². The topological polar surface area (TPSA) is 156 Å². The van der Waals surface area contributed by atoms with Crippen LogP contribution in [0.5, 0.6) is 0 Å². The summed E-state index contributed by atoms with van der Waals surface area (Å²) in [4.78, 5) is 28.6. The number of nitro groups is 1. The summed E-state index contributed by atoms with van der Waals surface area (Å²) in [6, 6.07) is 10.4. The van der Waals surface area contributed by atoms with Gasteiger partial charge in [-0.1, -0.05) is 12.1 Å². The van der Waals surface area contributed by atoms with Crippen molar-refractivity contribution in [3.05, 3.63) is 58.1 Å². The van der Waals surface area contributed by atoms with E-state index >= 15 is 0 Å². The summed E-state index contributed by atoms with van der Waals surface area (Å²) in [5, 5.41) is 18.3. The molecule has 1 amide bonds. The molecule has 2 aromatic rings. The van der Waals surface area contributed by atoms with Crippen molar-refractivity contribution in [3.8, 4) is 0 Å². The highest BCUT2D eigenvalue weighted by atomic mass is 32.2. The largest absolute Gasteiger partial charge is 0.382 e. The maximum atomic E-state index is 13.5. The van der Waals surface area contributed by atoms with Crippen LogP contribution in [0, 0.1) is 10.1 Å². The Kier molecular flexibility index (Phi) is 11.7. The van der Waals surface area contributed by atoms with Crippen molar-refractivity contribution in [2.75, 3.05) is 103 Å². The number of nitro benzene ring substituents is 1. The standard InChI is InChI=1S/C28H40N6O8S/c1-31(28(35)24-5-3-4-6-26(24)33-11-9-29-10-12-33)43(38,39)23-7-8-25(27(19-23)34(36)37)30-20-22-21-32(14-16-42-22)13-15-41-18-17-40-2/h3-8,19,22,29-30H,9-18,20-21H2,1-2H3/t22-/m1/s1. The number of methoxy groups -OCH3 is 1. The lowest BCUT2D eigenvalue weighted by Gasteiger charge is -2.33. The molecule has 0 bridgehead atoms. The molecule has 0 spiro atoms. The van der Waals surface area contributed by atoms with Crippen LogP contribution < -0.4 is 15.5 Å². The number of rotatable bonds is 14. The third kappa shape index (κ3) is 8.40. The zero-order valence-corrected chi connectivity index (χ0v) is 25.4. The van der Waals surface area contributed by atoms with E-state index in [0.717, 1.165) is 32.2 Å². The number of anilines is 2. The minimum atomic E-state index is -4.39. The highest BCUT2D eigenvalue weighted by Gasteiger charge is 2.31. The van der Waals surface area contributed by atoms with Crippen molar-refractivity contribution in [2.24, 2.45) is 0 Å². The van der Waals surface area contributed by atoms with Gasteiger partial charge in [0.05, 0.1) is 47.9 Å². The quantitative estimate of drug-likeness (QED) is 0.177. The summed E-state index contributed by atoms with van der Waals surface area (Å²) < 4.78 is 44.0. The molecule has 2 aliphatic heterocycles. The predicted molar refractivity (Wildman–Crippen MR) is 161 cm³/mol. The fourth-order valence-electron chi connectivity index (χ4n) is 5.01. The zero-order valence-electron chi connectivity index (χ0n) is 24.6. The van der Waals surface area contributed by atoms with Crippen molar-refractivity contribution in [2.45, 2.75) is 11.0 Å². The molecule has 2 aromatic carbocycles. The van der Waals surface area contributed by atoms with Gasteiger partial charge in [0.15, 0.2) is 0 Å². The van der Waals surface area contributed by atoms with Gasteiger partial charge in [-0.2, -0.15) is 0 Å². The number of nitrogens with zero attached hydrogens (tertiary/aromatic N) is 4. The van der Waals surface area contributed by atoms with Gasteiger partial charge in [-0.05, 0) is 24.3 Å². The van der Waals surface area contributed by atoms with E-state index < -0.39 is 26.5 Å². The predicted octanol–water partition coefficient (Wildman–Crippen LogP) is 1.24. The summed E-state index contributed by atoms with van der Waals surface area (Å²) in [6.07, 6.45) is -0.227. The Labute approximate surface area is 252 Å². The van der Waals surface area contributed by atoms with E-state index in [4.69, 9.17) is 14.2 Å². The first-order valence-corrected chi connectivity index (χ1v) is 15.7. The molecule has 0 aromatic heterocycles. The van der Waals surface area contributed by atoms with Crippen molar-refractivity contribution in [1.29, 1.82) is 0 Å². The van der Waals surface area contributed by atoms with E-state index in [2.05, 4.69) is 15.5 Å². The highest BCUT2D eigenvalue weighted by Crippen LogP contribution is 2.30. The van der Waals surface area contributed by atoms with Gasteiger partial charge in [0.25, 0.3) is 21.6 Å². The average Bonchev–Trinajstić information content (AvgIpc) is 3.03. The monoisotopic (exact) mass is 620 g/mol. The SMILES string of the molecule is COCCOCCN1CCO[C@H](CNc2ccc(S(=O)(=O)N(C)C(=O)c3ccccc3N3CCNCC3)cc2[N+](=O)[O-])C1. The first kappa shape index (κ1) is 32.6. The van der Waals surface area contributed by atoms with E-state index in [1.54, 1.807) is 31.4 Å². The van der Waals surface area contributed by atoms with Crippen molar-refractivity contribution in [3.63, 3.8) is 0 Å². The van der Waals surface area contributed by atoms with Crippen LogP contribution in [0.2, 0.25) is 0 Å². The summed E-state index contributed by atoms with van der Waals surface area (Å²) in [5.74, 6) is -0.720. The fourth-order valence-corrected chi connectivity index (χ4v) is 6.15. The average molecular weight is 621 g/mol. The van der Waals surface area contributed by atoms with Crippen molar-refractivity contribution < 1.29 is 32.3 Å². The third-order valence-corrected chi connectivity index (χ3v) is 9.17. The number of carbonyl (C=O) groups is 1. The Morgan fingerprint density at radius 3 is 2.67 bits per heavy atom. The van der Waals surface area contributed by atoms with E-state index in [0.29, 0.717) is 56.1 Å². The normalized spacial score (nSPS) is 17.9. The maximum Gasteiger partial charge on any atom is 0.293 e. The van der Waals surface area contributed by atoms with Crippen LogP contribution in [0.1, 0.15) is 10.4 Å². The number of para-hydroxylation sites is 1. The number of morpholine rings is 1. The fraction of sp³-hybridized carbons (Fsp3) is 0.536. The molecule has 2 saturated heterocycles. The molecule has 0 unspecified atom stereocenters. The number of carbonyl (C=O) groups excluding carboxylic acids is 1. The van der Waals surface area contributed by atoms with Crippen LogP contribution in [-0.4, -0.2) is 128 Å². The second kappa shape index (κ2) is 15.4. The molecule has 0 aliphatic carbocycles. The molecule has 2 heterocycles. The second-order valence-electron chi connectivity index (χ2n) is 10.2. The molecule has 15 heteroatoms. The number of hydrogen-bond acceptors (Lipinski definition) is 12. The van der Waals surface area contributed by atoms with E-state index in [1.165, 1.54) is 19.2 Å². The Morgan fingerprint density at radius 2 is 1.93 bits per heavy atom. The maximum absolute atomic E-state index is 13.5. The molecule has 4 rings (SSSR count). The third-order valence-electron chi connectivity index (χ3n) is 7.43. The molecule has 1 atom stereocenters. The van der Waals surface area contributed by atoms with Crippen LogP contribution in [-0.2, 0) is 24.2 Å². The number of piperazine rings is 1. The summed E-state index contributed by atoms with van der Waals surface area (Å²) in [5.41, 5.74) is 0.628. The van der Waals surface area contributed by atoms with Crippen molar-refractivity contribution in [1.82, 2.24) is 14.5 Å². The Balaban J connectivity index is 1.43. The lowest BCUT2D eigenvalue weighted by molar-refractivity contribution is -0.384. The van der Waals surface area contributed by atoms with E-state index in [-0.39, 0.29) is 28.8 Å².